The van der Waals surface area contributed by atoms with Crippen molar-refractivity contribution < 1.29 is 24.3 Å². The molecule has 37 heavy (non-hydrogen) atoms. The van der Waals surface area contributed by atoms with E-state index < -0.39 is 5.97 Å². The zero-order valence-corrected chi connectivity index (χ0v) is 22.2. The first kappa shape index (κ1) is 28.5. The number of aromatic hydroxyl groups is 1. The summed E-state index contributed by atoms with van der Waals surface area (Å²) in [6, 6.07) is 1.57. The Labute approximate surface area is 224 Å². The monoisotopic (exact) mass is 528 g/mol. The van der Waals surface area contributed by atoms with Crippen molar-refractivity contribution in [2.75, 3.05) is 26.3 Å². The summed E-state index contributed by atoms with van der Waals surface area (Å²) >= 11 is 6.55. The minimum absolute atomic E-state index is 0.0802. The van der Waals surface area contributed by atoms with Gasteiger partial charge in [0.2, 0.25) is 0 Å². The molecule has 7 nitrogen and oxygen atoms in total. The normalized spacial score (nSPS) is 16.0. The number of halogens is 1. The molecular weight excluding hydrogens is 492 g/mol. The molecule has 1 heterocycles. The van der Waals surface area contributed by atoms with Crippen LogP contribution in [0.2, 0.25) is 5.02 Å². The second kappa shape index (κ2) is 14.6. The summed E-state index contributed by atoms with van der Waals surface area (Å²) in [6.45, 7) is 8.92. The maximum absolute atomic E-state index is 13.2. The molecule has 0 radical (unpaired) electrons. The number of benzene rings is 1. The lowest BCUT2D eigenvalue weighted by Crippen LogP contribution is -2.37. The Hall–Kier alpha value is -3.06. The van der Waals surface area contributed by atoms with Crippen LogP contribution in [0.1, 0.15) is 78.8 Å². The molecule has 2 aliphatic rings. The molecule has 0 aromatic heterocycles. The third-order valence-electron chi connectivity index (χ3n) is 6.43. The first-order chi connectivity index (χ1) is 18.0. The van der Waals surface area contributed by atoms with Crippen molar-refractivity contribution in [1.82, 2.24) is 4.90 Å². The number of carbonyl (C=O) groups is 2. The van der Waals surface area contributed by atoms with Crippen LogP contribution >= 0.6 is 11.6 Å². The second-order valence-corrected chi connectivity index (χ2v) is 9.76. The van der Waals surface area contributed by atoms with Gasteiger partial charge in [-0.05, 0) is 80.6 Å². The van der Waals surface area contributed by atoms with Crippen molar-refractivity contribution in [2.24, 2.45) is 5.16 Å². The largest absolute Gasteiger partial charge is 0.506 e. The quantitative estimate of drug-likeness (QED) is 0.103. The van der Waals surface area contributed by atoms with E-state index in [1.807, 2.05) is 12.2 Å². The minimum atomic E-state index is -0.489. The topological polar surface area (TPSA) is 88.4 Å². The molecule has 1 aliphatic carbocycles. The molecule has 1 saturated heterocycles. The van der Waals surface area contributed by atoms with E-state index >= 15 is 0 Å². The van der Waals surface area contributed by atoms with Crippen molar-refractivity contribution in [3.63, 3.8) is 0 Å². The summed E-state index contributed by atoms with van der Waals surface area (Å²) in [6.07, 6.45) is 14.4. The van der Waals surface area contributed by atoms with Crippen LogP contribution in [0.4, 0.5) is 0 Å². The van der Waals surface area contributed by atoms with Crippen LogP contribution in [-0.2, 0) is 20.8 Å². The highest BCUT2D eigenvalue weighted by Crippen LogP contribution is 2.46. The van der Waals surface area contributed by atoms with Crippen LogP contribution in [0, 0.1) is 0 Å². The molecule has 1 amide bonds. The van der Waals surface area contributed by atoms with Crippen molar-refractivity contribution >= 4 is 29.2 Å². The van der Waals surface area contributed by atoms with Gasteiger partial charge in [0.15, 0.2) is 6.61 Å². The lowest BCUT2D eigenvalue weighted by Gasteiger charge is -2.26. The fourth-order valence-electron chi connectivity index (χ4n) is 4.29. The average Bonchev–Trinajstić information content (AvgIpc) is 3.75. The standard InChI is InChI=1S/C29H37ClN2O5/c1-3-5-7-9-12-22(31-37-20-26(34)32-15-10-8-11-16-32)18-24-27(29(35)36-17-6-4-2)23(21-13-14-21)19-25(33)28(24)30/h3-4,9,12,19,21,33H,1-2,5-8,10-11,13-18,20H2/b12-9+,31-22-. The van der Waals surface area contributed by atoms with Gasteiger partial charge in [-0.15, -0.1) is 13.2 Å². The predicted octanol–water partition coefficient (Wildman–Crippen LogP) is 6.11. The number of carbonyl (C=O) groups excluding carboxylic acids is 2. The van der Waals surface area contributed by atoms with Crippen LogP contribution in [0.5, 0.6) is 5.75 Å². The molecular formula is C29H37ClN2O5. The number of phenolic OH excluding ortho intramolecular Hbond substituents is 1. The fraction of sp³-hybridized carbons (Fsp3) is 0.483. The van der Waals surface area contributed by atoms with Crippen molar-refractivity contribution in [3.8, 4) is 5.75 Å². The molecule has 1 aliphatic heterocycles. The van der Waals surface area contributed by atoms with Gasteiger partial charge in [-0.1, -0.05) is 35.0 Å². The van der Waals surface area contributed by atoms with E-state index in [-0.39, 0.29) is 42.2 Å². The zero-order chi connectivity index (χ0) is 26.6. The van der Waals surface area contributed by atoms with Crippen molar-refractivity contribution in [1.29, 1.82) is 0 Å². The average molecular weight is 529 g/mol. The number of esters is 1. The van der Waals surface area contributed by atoms with Crippen LogP contribution in [-0.4, -0.2) is 53.9 Å². The summed E-state index contributed by atoms with van der Waals surface area (Å²) < 4.78 is 5.50. The molecule has 0 atom stereocenters. The van der Waals surface area contributed by atoms with E-state index in [1.54, 1.807) is 23.1 Å². The Morgan fingerprint density at radius 1 is 1.14 bits per heavy atom. The lowest BCUT2D eigenvalue weighted by atomic mass is 9.93. The van der Waals surface area contributed by atoms with E-state index in [0.29, 0.717) is 23.3 Å². The first-order valence-corrected chi connectivity index (χ1v) is 13.4. The number of hydrogen-bond donors (Lipinski definition) is 1. The smallest absolute Gasteiger partial charge is 0.338 e. The third kappa shape index (κ3) is 8.49. The van der Waals surface area contributed by atoms with Gasteiger partial charge in [-0.2, -0.15) is 0 Å². The van der Waals surface area contributed by atoms with Crippen molar-refractivity contribution in [3.05, 3.63) is 65.2 Å². The number of allylic oxidation sites excluding steroid dienone is 3. The predicted molar refractivity (Wildman–Crippen MR) is 146 cm³/mol. The molecule has 3 rings (SSSR count). The van der Waals surface area contributed by atoms with Crippen LogP contribution in [0.15, 0.2) is 48.7 Å². The van der Waals surface area contributed by atoms with Crippen molar-refractivity contribution in [2.45, 2.75) is 63.7 Å². The number of ether oxygens (including phenoxy) is 1. The molecule has 0 spiro atoms. The van der Waals surface area contributed by atoms with Gasteiger partial charge in [-0.3, -0.25) is 4.79 Å². The number of amides is 1. The highest BCUT2D eigenvalue weighted by Gasteiger charge is 2.33. The third-order valence-corrected chi connectivity index (χ3v) is 6.85. The van der Waals surface area contributed by atoms with Gasteiger partial charge >= 0.3 is 5.97 Å². The van der Waals surface area contributed by atoms with E-state index in [9.17, 15) is 14.7 Å². The lowest BCUT2D eigenvalue weighted by molar-refractivity contribution is -0.137. The summed E-state index contributed by atoms with van der Waals surface area (Å²) in [7, 11) is 0. The molecule has 1 aromatic carbocycles. The van der Waals surface area contributed by atoms with Gasteiger partial charge < -0.3 is 19.6 Å². The Morgan fingerprint density at radius 3 is 2.54 bits per heavy atom. The van der Waals surface area contributed by atoms with Crippen LogP contribution in [0.3, 0.4) is 0 Å². The summed E-state index contributed by atoms with van der Waals surface area (Å²) in [5.41, 5.74) is 2.01. The summed E-state index contributed by atoms with van der Waals surface area (Å²) in [5.74, 6) is -0.503. The molecule has 0 unspecified atom stereocenters. The Morgan fingerprint density at radius 2 is 1.86 bits per heavy atom. The van der Waals surface area contributed by atoms with E-state index in [1.165, 1.54) is 0 Å². The van der Waals surface area contributed by atoms with Crippen LogP contribution < -0.4 is 0 Å². The molecule has 2 fully saturated rings. The first-order valence-electron chi connectivity index (χ1n) is 13.0. The van der Waals surface area contributed by atoms with Gasteiger partial charge in [0.05, 0.1) is 22.9 Å². The zero-order valence-electron chi connectivity index (χ0n) is 21.4. The molecule has 8 heteroatoms. The summed E-state index contributed by atoms with van der Waals surface area (Å²) in [5, 5.41) is 14.9. The number of piperidine rings is 1. The SMILES string of the molecule is C=CCC/C=C/C(Cc1c(Cl)c(O)cc(C2CC2)c1C(=O)OCCC=C)=N/OCC(=O)N1CCCCC1. The maximum Gasteiger partial charge on any atom is 0.338 e. The molecule has 200 valence electrons. The molecule has 1 N–H and O–H groups in total. The molecule has 1 aromatic rings. The highest BCUT2D eigenvalue weighted by molar-refractivity contribution is 6.33. The number of oxime groups is 1. The number of likely N-dealkylation sites (tertiary alicyclic amines) is 1. The Balaban J connectivity index is 1.87. The minimum Gasteiger partial charge on any atom is -0.506 e. The van der Waals surface area contributed by atoms with Crippen LogP contribution in [0.25, 0.3) is 0 Å². The van der Waals surface area contributed by atoms with Gasteiger partial charge in [0, 0.05) is 19.5 Å². The number of hydrogen-bond acceptors (Lipinski definition) is 6. The second-order valence-electron chi connectivity index (χ2n) is 9.38. The van der Waals surface area contributed by atoms with E-state index in [4.69, 9.17) is 21.2 Å². The Kier molecular flexibility index (Phi) is 11.3. The fourth-order valence-corrected chi connectivity index (χ4v) is 4.51. The molecule has 1 saturated carbocycles. The number of phenols is 1. The number of unbranched alkanes of at least 4 members (excludes halogenated alkanes) is 1. The highest BCUT2D eigenvalue weighted by atomic mass is 35.5. The van der Waals surface area contributed by atoms with E-state index in [2.05, 4.69) is 18.3 Å². The van der Waals surface area contributed by atoms with Gasteiger partial charge in [0.1, 0.15) is 5.75 Å². The van der Waals surface area contributed by atoms with Gasteiger partial charge in [-0.25, -0.2) is 4.79 Å². The molecule has 0 bridgehead atoms. The maximum atomic E-state index is 13.2. The number of rotatable bonds is 14. The number of nitrogens with zero attached hydrogens (tertiary/aromatic N) is 2. The van der Waals surface area contributed by atoms with Gasteiger partial charge in [0.25, 0.3) is 5.91 Å². The summed E-state index contributed by atoms with van der Waals surface area (Å²) in [4.78, 5) is 32.9. The Bertz CT molecular complexity index is 1040. The van der Waals surface area contributed by atoms with E-state index in [0.717, 1.165) is 63.6 Å².